The average Bonchev–Trinajstić information content (AvgIpc) is 2.69. The Balaban J connectivity index is 1.47. The number of aryl methyl sites for hydroxylation is 2. The van der Waals surface area contributed by atoms with Gasteiger partial charge in [-0.2, -0.15) is 0 Å². The van der Waals surface area contributed by atoms with E-state index in [1.807, 2.05) is 18.2 Å². The highest BCUT2D eigenvalue weighted by Crippen LogP contribution is 2.25. The molecule has 0 fully saturated rings. The van der Waals surface area contributed by atoms with Crippen molar-refractivity contribution in [2.24, 2.45) is 0 Å². The monoisotopic (exact) mass is 360 g/mol. The maximum absolute atomic E-state index is 13.6. The molecule has 0 amide bonds. The number of hydrogen-bond donors (Lipinski definition) is 0. The first-order valence-electron chi connectivity index (χ1n) is 8.71. The number of benzene rings is 4. The van der Waals surface area contributed by atoms with E-state index in [1.54, 1.807) is 6.07 Å². The molecule has 0 heterocycles. The van der Waals surface area contributed by atoms with Gasteiger partial charge in [0.1, 0.15) is 5.82 Å². The van der Waals surface area contributed by atoms with Crippen LogP contribution in [0, 0.1) is 5.82 Å². The van der Waals surface area contributed by atoms with Crippen LogP contribution in [0.25, 0.3) is 21.9 Å². The summed E-state index contributed by atoms with van der Waals surface area (Å²) < 4.78 is 13.6. The van der Waals surface area contributed by atoms with E-state index in [9.17, 15) is 4.39 Å². The van der Waals surface area contributed by atoms with Crippen molar-refractivity contribution in [3.05, 3.63) is 107 Å². The van der Waals surface area contributed by atoms with E-state index in [4.69, 9.17) is 11.6 Å². The largest absolute Gasteiger partial charge is 0.205 e. The lowest BCUT2D eigenvalue weighted by Crippen LogP contribution is -1.92. The standard InChI is InChI=1S/C24H18ClF/c25-23-14-13-22(16-24(23)26)20-10-7-17(8-11-20)5-6-18-9-12-19-3-1-2-4-21(19)15-18/h1-4,7-16H,5-6H2. The first-order valence-corrected chi connectivity index (χ1v) is 9.09. The molecule has 0 spiro atoms. The van der Waals surface area contributed by atoms with Crippen LogP contribution in [-0.4, -0.2) is 0 Å². The second kappa shape index (κ2) is 7.31. The van der Waals surface area contributed by atoms with Crippen molar-refractivity contribution in [3.8, 4) is 11.1 Å². The molecule has 2 heteroatoms. The molecule has 0 saturated carbocycles. The topological polar surface area (TPSA) is 0 Å². The maximum atomic E-state index is 13.6. The van der Waals surface area contributed by atoms with Crippen molar-refractivity contribution in [3.63, 3.8) is 0 Å². The fourth-order valence-electron chi connectivity index (χ4n) is 3.22. The van der Waals surface area contributed by atoms with Gasteiger partial charge in [-0.05, 0) is 58.0 Å². The Bertz CT molecular complexity index is 1050. The Hall–Kier alpha value is -2.64. The summed E-state index contributed by atoms with van der Waals surface area (Å²) in [5, 5.41) is 2.71. The third-order valence-corrected chi connectivity index (χ3v) is 5.03. The summed E-state index contributed by atoms with van der Waals surface area (Å²) in [7, 11) is 0. The predicted octanol–water partition coefficient (Wildman–Crippen LogP) is 7.08. The molecule has 0 bridgehead atoms. The molecule has 4 aromatic rings. The van der Waals surface area contributed by atoms with Crippen molar-refractivity contribution in [1.82, 2.24) is 0 Å². The van der Waals surface area contributed by atoms with Crippen molar-refractivity contribution in [1.29, 1.82) is 0 Å². The zero-order valence-electron chi connectivity index (χ0n) is 14.3. The summed E-state index contributed by atoms with van der Waals surface area (Å²) in [5.74, 6) is -0.385. The summed E-state index contributed by atoms with van der Waals surface area (Å²) in [5.41, 5.74) is 4.45. The van der Waals surface area contributed by atoms with Crippen LogP contribution in [0.5, 0.6) is 0 Å². The summed E-state index contributed by atoms with van der Waals surface area (Å²) in [6.07, 6.45) is 1.98. The Labute approximate surface area is 157 Å². The molecule has 0 radical (unpaired) electrons. The normalized spacial score (nSPS) is 11.0. The summed E-state index contributed by atoms with van der Waals surface area (Å²) in [6, 6.07) is 28.3. The van der Waals surface area contributed by atoms with Gasteiger partial charge in [-0.3, -0.25) is 0 Å². The SMILES string of the molecule is Fc1cc(-c2ccc(CCc3ccc4ccccc4c3)cc2)ccc1Cl. The molecule has 128 valence electrons. The molecule has 0 saturated heterocycles. The van der Waals surface area contributed by atoms with Gasteiger partial charge >= 0.3 is 0 Å². The smallest absolute Gasteiger partial charge is 0.142 e. The number of hydrogen-bond acceptors (Lipinski definition) is 0. The Morgan fingerprint density at radius 3 is 2.04 bits per heavy atom. The molecule has 0 nitrogen and oxygen atoms in total. The van der Waals surface area contributed by atoms with Crippen molar-refractivity contribution >= 4 is 22.4 Å². The molecule has 0 aliphatic rings. The molecule has 0 atom stereocenters. The van der Waals surface area contributed by atoms with Gasteiger partial charge in [0, 0.05) is 0 Å². The minimum atomic E-state index is -0.385. The molecule has 0 unspecified atom stereocenters. The van der Waals surface area contributed by atoms with Crippen molar-refractivity contribution in [2.75, 3.05) is 0 Å². The maximum Gasteiger partial charge on any atom is 0.142 e. The lowest BCUT2D eigenvalue weighted by molar-refractivity contribution is 0.629. The summed E-state index contributed by atoms with van der Waals surface area (Å²) in [6.45, 7) is 0. The molecule has 0 aromatic heterocycles. The Kier molecular flexibility index (Phi) is 4.73. The summed E-state index contributed by atoms with van der Waals surface area (Å²) >= 11 is 5.75. The van der Waals surface area contributed by atoms with Crippen LogP contribution in [0.1, 0.15) is 11.1 Å². The van der Waals surface area contributed by atoms with Gasteiger partial charge in [-0.25, -0.2) is 4.39 Å². The van der Waals surface area contributed by atoms with Crippen LogP contribution in [0.3, 0.4) is 0 Å². The molecule has 26 heavy (non-hydrogen) atoms. The van der Waals surface area contributed by atoms with E-state index in [1.165, 1.54) is 28.0 Å². The number of rotatable bonds is 4. The fraction of sp³-hybridized carbons (Fsp3) is 0.0833. The highest BCUT2D eigenvalue weighted by Gasteiger charge is 2.04. The van der Waals surface area contributed by atoms with Gasteiger partial charge in [-0.15, -0.1) is 0 Å². The predicted molar refractivity (Wildman–Crippen MR) is 108 cm³/mol. The van der Waals surface area contributed by atoms with Gasteiger partial charge in [-0.1, -0.05) is 84.4 Å². The lowest BCUT2D eigenvalue weighted by atomic mass is 9.99. The third-order valence-electron chi connectivity index (χ3n) is 4.72. The van der Waals surface area contributed by atoms with E-state index in [0.29, 0.717) is 0 Å². The second-order valence-electron chi connectivity index (χ2n) is 6.51. The van der Waals surface area contributed by atoms with E-state index in [-0.39, 0.29) is 10.8 Å². The van der Waals surface area contributed by atoms with E-state index >= 15 is 0 Å². The summed E-state index contributed by atoms with van der Waals surface area (Å²) in [4.78, 5) is 0. The third kappa shape index (κ3) is 3.63. The zero-order valence-corrected chi connectivity index (χ0v) is 15.0. The van der Waals surface area contributed by atoms with Gasteiger partial charge in [0.25, 0.3) is 0 Å². The molecule has 4 rings (SSSR count). The van der Waals surface area contributed by atoms with Crippen LogP contribution < -0.4 is 0 Å². The molecule has 0 aliphatic carbocycles. The molecule has 0 N–H and O–H groups in total. The van der Waals surface area contributed by atoms with E-state index < -0.39 is 0 Å². The fourth-order valence-corrected chi connectivity index (χ4v) is 3.34. The van der Waals surface area contributed by atoms with Crippen LogP contribution in [0.2, 0.25) is 5.02 Å². The molecular weight excluding hydrogens is 343 g/mol. The van der Waals surface area contributed by atoms with Crippen molar-refractivity contribution < 1.29 is 4.39 Å². The highest BCUT2D eigenvalue weighted by molar-refractivity contribution is 6.30. The van der Waals surface area contributed by atoms with Gasteiger partial charge < -0.3 is 0 Å². The van der Waals surface area contributed by atoms with Crippen LogP contribution in [0.15, 0.2) is 84.9 Å². The average molecular weight is 361 g/mol. The van der Waals surface area contributed by atoms with Crippen LogP contribution in [-0.2, 0) is 12.8 Å². The Morgan fingerprint density at radius 1 is 0.615 bits per heavy atom. The van der Waals surface area contributed by atoms with E-state index in [2.05, 4.69) is 54.6 Å². The van der Waals surface area contributed by atoms with Gasteiger partial charge in [0.05, 0.1) is 5.02 Å². The Morgan fingerprint density at radius 2 is 1.27 bits per heavy atom. The van der Waals surface area contributed by atoms with Crippen molar-refractivity contribution in [2.45, 2.75) is 12.8 Å². The molecule has 0 aliphatic heterocycles. The lowest BCUT2D eigenvalue weighted by Gasteiger charge is -2.07. The first-order chi connectivity index (χ1) is 12.7. The quantitative estimate of drug-likeness (QED) is 0.364. The molecule has 4 aromatic carbocycles. The van der Waals surface area contributed by atoms with Crippen LogP contribution in [0.4, 0.5) is 4.39 Å². The van der Waals surface area contributed by atoms with E-state index in [0.717, 1.165) is 24.0 Å². The second-order valence-corrected chi connectivity index (χ2v) is 6.91. The number of fused-ring (bicyclic) bond motifs is 1. The molecular formula is C24H18ClF. The number of halogens is 2. The van der Waals surface area contributed by atoms with Gasteiger partial charge in [0.2, 0.25) is 0 Å². The van der Waals surface area contributed by atoms with Crippen LogP contribution >= 0.6 is 11.6 Å². The zero-order chi connectivity index (χ0) is 17.9. The minimum Gasteiger partial charge on any atom is -0.205 e. The first kappa shape index (κ1) is 16.8. The highest BCUT2D eigenvalue weighted by atomic mass is 35.5. The van der Waals surface area contributed by atoms with Gasteiger partial charge in [0.15, 0.2) is 0 Å². The minimum absolute atomic E-state index is 0.153.